The molecule has 2 N–H and O–H groups in total. The van der Waals surface area contributed by atoms with Crippen LogP contribution in [0.15, 0.2) is 53.1 Å². The van der Waals surface area contributed by atoms with E-state index in [1.165, 1.54) is 13.4 Å². The highest BCUT2D eigenvalue weighted by molar-refractivity contribution is 6.32. The minimum Gasteiger partial charge on any atom is -0.493 e. The fourth-order valence-electron chi connectivity index (χ4n) is 2.93. The molecule has 3 aromatic rings. The second-order valence-electron chi connectivity index (χ2n) is 6.69. The maximum atomic E-state index is 12.7. The van der Waals surface area contributed by atoms with E-state index in [2.05, 4.69) is 10.6 Å². The third kappa shape index (κ3) is 5.38. The highest BCUT2D eigenvalue weighted by Gasteiger charge is 2.15. The van der Waals surface area contributed by atoms with Crippen molar-refractivity contribution in [3.05, 3.63) is 76.2 Å². The van der Waals surface area contributed by atoms with Gasteiger partial charge in [0.1, 0.15) is 0 Å². The fraction of sp³-hybridized carbons (Fsp3) is 0.217. The quantitative estimate of drug-likeness (QED) is 0.521. The number of furan rings is 1. The molecule has 0 unspecified atom stereocenters. The zero-order chi connectivity index (χ0) is 22.4. The molecule has 0 aliphatic heterocycles. The van der Waals surface area contributed by atoms with E-state index in [0.717, 1.165) is 11.1 Å². The summed E-state index contributed by atoms with van der Waals surface area (Å²) in [6.45, 7) is 4.39. The molecule has 2 amide bonds. The zero-order valence-corrected chi connectivity index (χ0v) is 18.2. The number of hydrogen-bond donors (Lipinski definition) is 2. The Morgan fingerprint density at radius 3 is 2.61 bits per heavy atom. The van der Waals surface area contributed by atoms with E-state index >= 15 is 0 Å². The number of anilines is 1. The predicted molar refractivity (Wildman–Crippen MR) is 118 cm³/mol. The topological polar surface area (TPSA) is 89.8 Å². The van der Waals surface area contributed by atoms with Gasteiger partial charge in [0.15, 0.2) is 17.3 Å². The average molecular weight is 443 g/mol. The standard InChI is InChI=1S/C23H23ClN2O5/c1-4-30-21-17(24)10-15(11-20(21)29-3)13-25-22(27)16-8-7-14(2)18(12-16)26-23(28)19-6-5-9-31-19/h5-12H,4,13H2,1-3H3,(H,25,27)(H,26,28). The van der Waals surface area contributed by atoms with Crippen LogP contribution in [0.5, 0.6) is 11.5 Å². The van der Waals surface area contributed by atoms with Crippen molar-refractivity contribution in [1.29, 1.82) is 0 Å². The van der Waals surface area contributed by atoms with Crippen molar-refractivity contribution in [1.82, 2.24) is 5.32 Å². The van der Waals surface area contributed by atoms with Gasteiger partial charge in [-0.1, -0.05) is 17.7 Å². The van der Waals surface area contributed by atoms with Gasteiger partial charge in [0.05, 0.1) is 25.0 Å². The van der Waals surface area contributed by atoms with Crippen molar-refractivity contribution < 1.29 is 23.5 Å². The molecule has 0 fully saturated rings. The van der Waals surface area contributed by atoms with Gasteiger partial charge in [-0.25, -0.2) is 0 Å². The molecule has 1 aromatic heterocycles. The van der Waals surface area contributed by atoms with E-state index in [0.29, 0.717) is 34.4 Å². The average Bonchev–Trinajstić information content (AvgIpc) is 3.30. The number of ether oxygens (including phenoxy) is 2. The summed E-state index contributed by atoms with van der Waals surface area (Å²) < 4.78 is 15.9. The Bertz CT molecular complexity index is 1080. The van der Waals surface area contributed by atoms with Crippen molar-refractivity contribution in [2.45, 2.75) is 20.4 Å². The molecule has 0 bridgehead atoms. The first-order valence-corrected chi connectivity index (χ1v) is 10.0. The molecule has 31 heavy (non-hydrogen) atoms. The summed E-state index contributed by atoms with van der Waals surface area (Å²) in [5.41, 5.74) is 2.51. The van der Waals surface area contributed by atoms with Gasteiger partial charge in [0.2, 0.25) is 0 Å². The third-order valence-electron chi connectivity index (χ3n) is 4.52. The molecule has 0 spiro atoms. The maximum absolute atomic E-state index is 12.7. The Morgan fingerprint density at radius 1 is 1.13 bits per heavy atom. The summed E-state index contributed by atoms with van der Waals surface area (Å²) in [7, 11) is 1.53. The van der Waals surface area contributed by atoms with Crippen LogP contribution >= 0.6 is 11.6 Å². The van der Waals surface area contributed by atoms with Gasteiger partial charge in [-0.3, -0.25) is 9.59 Å². The van der Waals surface area contributed by atoms with Crippen LogP contribution in [0, 0.1) is 6.92 Å². The minimum absolute atomic E-state index is 0.190. The van der Waals surface area contributed by atoms with Gasteiger partial charge < -0.3 is 24.5 Å². The lowest BCUT2D eigenvalue weighted by atomic mass is 10.1. The van der Waals surface area contributed by atoms with Gasteiger partial charge >= 0.3 is 0 Å². The second kappa shape index (κ2) is 10.0. The van der Waals surface area contributed by atoms with E-state index in [-0.39, 0.29) is 24.1 Å². The van der Waals surface area contributed by atoms with Crippen LogP contribution in [0.2, 0.25) is 5.02 Å². The van der Waals surface area contributed by atoms with E-state index in [4.69, 9.17) is 25.5 Å². The van der Waals surface area contributed by atoms with Crippen molar-refractivity contribution in [2.75, 3.05) is 19.0 Å². The Labute approximate surface area is 185 Å². The highest BCUT2D eigenvalue weighted by atomic mass is 35.5. The second-order valence-corrected chi connectivity index (χ2v) is 7.09. The molecule has 0 radical (unpaired) electrons. The normalized spacial score (nSPS) is 10.5. The largest absolute Gasteiger partial charge is 0.493 e. The van der Waals surface area contributed by atoms with Crippen molar-refractivity contribution in [2.24, 2.45) is 0 Å². The molecular weight excluding hydrogens is 420 g/mol. The molecule has 0 saturated heterocycles. The summed E-state index contributed by atoms with van der Waals surface area (Å²) in [6, 6.07) is 11.8. The molecular formula is C23H23ClN2O5. The fourth-order valence-corrected chi connectivity index (χ4v) is 3.22. The molecule has 0 aliphatic carbocycles. The van der Waals surface area contributed by atoms with E-state index in [9.17, 15) is 9.59 Å². The lowest BCUT2D eigenvalue weighted by Crippen LogP contribution is -2.23. The first kappa shape index (κ1) is 22.2. The smallest absolute Gasteiger partial charge is 0.291 e. The Kier molecular flexibility index (Phi) is 7.20. The number of methoxy groups -OCH3 is 1. The first-order valence-electron chi connectivity index (χ1n) is 9.65. The number of carbonyl (C=O) groups is 2. The lowest BCUT2D eigenvalue weighted by Gasteiger charge is -2.14. The van der Waals surface area contributed by atoms with Gasteiger partial charge in [-0.15, -0.1) is 0 Å². The van der Waals surface area contributed by atoms with Crippen LogP contribution in [0.4, 0.5) is 5.69 Å². The predicted octanol–water partition coefficient (Wildman–Crippen LogP) is 4.83. The van der Waals surface area contributed by atoms with Crippen molar-refractivity contribution in [3.63, 3.8) is 0 Å². The van der Waals surface area contributed by atoms with E-state index in [1.54, 1.807) is 42.5 Å². The van der Waals surface area contributed by atoms with Crippen molar-refractivity contribution in [3.8, 4) is 11.5 Å². The van der Waals surface area contributed by atoms with E-state index < -0.39 is 0 Å². The van der Waals surface area contributed by atoms with Crippen LogP contribution in [0.25, 0.3) is 0 Å². The van der Waals surface area contributed by atoms with Gasteiger partial charge in [0, 0.05) is 17.8 Å². The van der Waals surface area contributed by atoms with Crippen LogP contribution in [0.3, 0.4) is 0 Å². The molecule has 2 aromatic carbocycles. The summed E-state index contributed by atoms with van der Waals surface area (Å²) in [5.74, 6) is 0.476. The monoisotopic (exact) mass is 442 g/mol. The number of carbonyl (C=O) groups excluding carboxylic acids is 2. The van der Waals surface area contributed by atoms with Crippen LogP contribution < -0.4 is 20.1 Å². The molecule has 0 aliphatic rings. The molecule has 8 heteroatoms. The highest BCUT2D eigenvalue weighted by Crippen LogP contribution is 2.36. The molecule has 7 nitrogen and oxygen atoms in total. The Hall–Kier alpha value is -3.45. The van der Waals surface area contributed by atoms with Crippen LogP contribution in [-0.2, 0) is 6.54 Å². The number of amides is 2. The Morgan fingerprint density at radius 2 is 1.94 bits per heavy atom. The molecule has 1 heterocycles. The van der Waals surface area contributed by atoms with Gasteiger partial charge in [-0.05, 0) is 61.4 Å². The van der Waals surface area contributed by atoms with Crippen LogP contribution in [0.1, 0.15) is 39.0 Å². The zero-order valence-electron chi connectivity index (χ0n) is 17.5. The van der Waals surface area contributed by atoms with Crippen LogP contribution in [-0.4, -0.2) is 25.5 Å². The number of nitrogens with one attached hydrogen (secondary N) is 2. The number of rotatable bonds is 8. The minimum atomic E-state index is -0.387. The molecule has 162 valence electrons. The lowest BCUT2D eigenvalue weighted by molar-refractivity contribution is 0.0949. The van der Waals surface area contributed by atoms with E-state index in [1.807, 2.05) is 13.8 Å². The van der Waals surface area contributed by atoms with Gasteiger partial charge in [-0.2, -0.15) is 0 Å². The first-order chi connectivity index (χ1) is 14.9. The molecule has 3 rings (SSSR count). The summed E-state index contributed by atoms with van der Waals surface area (Å²) in [4.78, 5) is 24.9. The number of hydrogen-bond acceptors (Lipinski definition) is 5. The summed E-state index contributed by atoms with van der Waals surface area (Å²) in [5, 5.41) is 6.02. The maximum Gasteiger partial charge on any atom is 0.291 e. The van der Waals surface area contributed by atoms with Gasteiger partial charge in [0.25, 0.3) is 11.8 Å². The van der Waals surface area contributed by atoms with Crippen molar-refractivity contribution >= 4 is 29.1 Å². The molecule has 0 saturated carbocycles. The summed E-state index contributed by atoms with van der Waals surface area (Å²) >= 11 is 6.29. The number of aryl methyl sites for hydroxylation is 1. The molecule has 0 atom stereocenters. The SMILES string of the molecule is CCOc1c(Cl)cc(CNC(=O)c2ccc(C)c(NC(=O)c3ccco3)c2)cc1OC. The Balaban J connectivity index is 1.71. The summed E-state index contributed by atoms with van der Waals surface area (Å²) in [6.07, 6.45) is 1.42. The third-order valence-corrected chi connectivity index (χ3v) is 4.80. The number of benzene rings is 2. The number of halogens is 1.